The molecule has 0 saturated carbocycles. The van der Waals surface area contributed by atoms with Gasteiger partial charge in [-0.05, 0) is 12.1 Å². The van der Waals surface area contributed by atoms with E-state index < -0.39 is 29.0 Å². The molecular formula is C11H14FNO4. The predicted octanol–water partition coefficient (Wildman–Crippen LogP) is 1.19. The number of carbonyl (C=O) groups is 2. The summed E-state index contributed by atoms with van der Waals surface area (Å²) in [6.07, 6.45) is 0. The molecule has 0 unspecified atom stereocenters. The van der Waals surface area contributed by atoms with Gasteiger partial charge in [-0.15, -0.1) is 0 Å². The van der Waals surface area contributed by atoms with Gasteiger partial charge in [-0.2, -0.15) is 0 Å². The number of phenols is 2. The van der Waals surface area contributed by atoms with Crippen LogP contribution in [0, 0.1) is 5.82 Å². The molecule has 1 rings (SSSR count). The highest BCUT2D eigenvalue weighted by Gasteiger charge is 2.18. The van der Waals surface area contributed by atoms with Crippen LogP contribution < -0.4 is 5.32 Å². The second kappa shape index (κ2) is 6.47. The van der Waals surface area contributed by atoms with Gasteiger partial charge in [0.25, 0.3) is 5.91 Å². The fourth-order valence-corrected chi connectivity index (χ4v) is 0.960. The molecule has 5 nitrogen and oxygen atoms in total. The topological polar surface area (TPSA) is 86.6 Å². The molecule has 0 radical (unpaired) electrons. The number of ketones is 1. The predicted molar refractivity (Wildman–Crippen MR) is 59.5 cm³/mol. The number of nitrogens with one attached hydrogen (secondary N) is 1. The summed E-state index contributed by atoms with van der Waals surface area (Å²) in [6, 6.07) is 1.49. The highest BCUT2D eigenvalue weighted by Crippen LogP contribution is 2.28. The maximum absolute atomic E-state index is 12.9. The van der Waals surface area contributed by atoms with Gasteiger partial charge in [-0.3, -0.25) is 9.59 Å². The van der Waals surface area contributed by atoms with E-state index in [-0.39, 0.29) is 5.56 Å². The summed E-state index contributed by atoms with van der Waals surface area (Å²) in [4.78, 5) is 22.1. The van der Waals surface area contributed by atoms with Gasteiger partial charge >= 0.3 is 0 Å². The number of phenolic OH excluding ortho intramolecular Hbond substituents is 2. The van der Waals surface area contributed by atoms with Crippen LogP contribution in [0.5, 0.6) is 11.5 Å². The minimum atomic E-state index is -1.16. The Balaban J connectivity index is 0.00000121. The van der Waals surface area contributed by atoms with E-state index in [4.69, 9.17) is 10.2 Å². The Morgan fingerprint density at radius 1 is 1.24 bits per heavy atom. The zero-order valence-corrected chi connectivity index (χ0v) is 9.74. The highest BCUT2D eigenvalue weighted by atomic mass is 19.1. The lowest BCUT2D eigenvalue weighted by atomic mass is 10.1. The van der Waals surface area contributed by atoms with Gasteiger partial charge in [-0.1, -0.05) is 13.8 Å². The van der Waals surface area contributed by atoms with Gasteiger partial charge in [0.05, 0.1) is 0 Å². The van der Waals surface area contributed by atoms with Crippen LogP contribution in [0.4, 0.5) is 4.39 Å². The van der Waals surface area contributed by atoms with Gasteiger partial charge in [0.1, 0.15) is 0 Å². The molecule has 0 bridgehead atoms. The van der Waals surface area contributed by atoms with Gasteiger partial charge in [0.2, 0.25) is 5.78 Å². The molecule has 0 aliphatic heterocycles. The van der Waals surface area contributed by atoms with E-state index in [0.29, 0.717) is 6.07 Å². The number of hydrogen-bond donors (Lipinski definition) is 3. The van der Waals surface area contributed by atoms with Crippen molar-refractivity contribution in [2.24, 2.45) is 0 Å². The SMILES string of the molecule is CC.CNC(=O)C(=O)c1cc(O)c(O)c(F)c1. The van der Waals surface area contributed by atoms with Gasteiger partial charge in [0, 0.05) is 12.6 Å². The van der Waals surface area contributed by atoms with Crippen molar-refractivity contribution in [2.75, 3.05) is 7.05 Å². The first-order valence-corrected chi connectivity index (χ1v) is 4.95. The summed E-state index contributed by atoms with van der Waals surface area (Å²) >= 11 is 0. The molecule has 17 heavy (non-hydrogen) atoms. The van der Waals surface area contributed by atoms with Gasteiger partial charge < -0.3 is 15.5 Å². The summed E-state index contributed by atoms with van der Waals surface area (Å²) in [5.74, 6) is -4.83. The smallest absolute Gasteiger partial charge is 0.292 e. The monoisotopic (exact) mass is 243 g/mol. The number of carbonyl (C=O) groups excluding carboxylic acids is 2. The van der Waals surface area contributed by atoms with Crippen LogP contribution >= 0.6 is 0 Å². The molecule has 1 aromatic rings. The quantitative estimate of drug-likeness (QED) is 0.413. The van der Waals surface area contributed by atoms with Crippen molar-refractivity contribution in [1.29, 1.82) is 0 Å². The van der Waals surface area contributed by atoms with E-state index in [1.54, 1.807) is 0 Å². The number of Topliss-reactive ketones (excluding diaryl/α,β-unsaturated/α-hetero) is 1. The molecule has 94 valence electrons. The Labute approximate surface area is 97.9 Å². The van der Waals surface area contributed by atoms with Crippen LogP contribution in [-0.4, -0.2) is 29.0 Å². The van der Waals surface area contributed by atoms with E-state index in [0.717, 1.165) is 6.07 Å². The first-order chi connectivity index (χ1) is 7.97. The standard InChI is InChI=1S/C9H8FNO4.C2H6/c1-11-9(15)7(13)4-2-5(10)8(14)6(12)3-4;1-2/h2-3,12,14H,1H3,(H,11,15);1-2H3. The lowest BCUT2D eigenvalue weighted by molar-refractivity contribution is -0.116. The minimum Gasteiger partial charge on any atom is -0.504 e. The Morgan fingerprint density at radius 2 is 1.76 bits per heavy atom. The van der Waals surface area contributed by atoms with Gasteiger partial charge in [0.15, 0.2) is 17.3 Å². The molecule has 1 aromatic carbocycles. The number of amides is 1. The van der Waals surface area contributed by atoms with Crippen LogP contribution in [0.15, 0.2) is 12.1 Å². The van der Waals surface area contributed by atoms with Crippen molar-refractivity contribution in [3.05, 3.63) is 23.5 Å². The molecular weight excluding hydrogens is 229 g/mol. The average Bonchev–Trinajstić information content (AvgIpc) is 2.35. The van der Waals surface area contributed by atoms with Crippen LogP contribution in [0.2, 0.25) is 0 Å². The highest BCUT2D eigenvalue weighted by molar-refractivity contribution is 6.42. The zero-order valence-electron chi connectivity index (χ0n) is 9.74. The minimum absolute atomic E-state index is 0.331. The third-order valence-corrected chi connectivity index (χ3v) is 1.74. The van der Waals surface area contributed by atoms with E-state index in [9.17, 15) is 14.0 Å². The maximum Gasteiger partial charge on any atom is 0.292 e. The van der Waals surface area contributed by atoms with Crippen LogP contribution in [0.1, 0.15) is 24.2 Å². The van der Waals surface area contributed by atoms with E-state index in [2.05, 4.69) is 5.32 Å². The van der Waals surface area contributed by atoms with Crippen LogP contribution in [-0.2, 0) is 4.79 Å². The van der Waals surface area contributed by atoms with Crippen molar-refractivity contribution in [1.82, 2.24) is 5.32 Å². The first kappa shape index (κ1) is 14.9. The molecule has 0 saturated heterocycles. The molecule has 6 heteroatoms. The molecule has 0 aromatic heterocycles. The Morgan fingerprint density at radius 3 is 2.18 bits per heavy atom. The normalized spacial score (nSPS) is 8.94. The van der Waals surface area contributed by atoms with E-state index in [1.807, 2.05) is 13.8 Å². The van der Waals surface area contributed by atoms with Crippen molar-refractivity contribution in [3.63, 3.8) is 0 Å². The fraction of sp³-hybridized carbons (Fsp3) is 0.273. The average molecular weight is 243 g/mol. The van der Waals surface area contributed by atoms with Crippen molar-refractivity contribution >= 4 is 11.7 Å². The Bertz CT molecular complexity index is 408. The largest absolute Gasteiger partial charge is 0.504 e. The molecule has 3 N–H and O–H groups in total. The lowest BCUT2D eigenvalue weighted by Gasteiger charge is -2.03. The number of hydrogen-bond acceptors (Lipinski definition) is 4. The summed E-state index contributed by atoms with van der Waals surface area (Å²) < 4.78 is 12.9. The molecule has 0 spiro atoms. The third-order valence-electron chi connectivity index (χ3n) is 1.74. The summed E-state index contributed by atoms with van der Waals surface area (Å²) in [5.41, 5.74) is -0.331. The number of benzene rings is 1. The van der Waals surface area contributed by atoms with Gasteiger partial charge in [-0.25, -0.2) is 4.39 Å². The number of aromatic hydroxyl groups is 2. The molecule has 0 fully saturated rings. The molecule has 1 amide bonds. The second-order valence-electron chi connectivity index (χ2n) is 2.73. The Kier molecular flexibility index (Phi) is 5.66. The van der Waals surface area contributed by atoms with Crippen molar-refractivity contribution in [2.45, 2.75) is 13.8 Å². The number of rotatable bonds is 2. The Hall–Kier alpha value is -2.11. The van der Waals surface area contributed by atoms with Crippen molar-refractivity contribution in [3.8, 4) is 11.5 Å². The van der Waals surface area contributed by atoms with Crippen LogP contribution in [0.25, 0.3) is 0 Å². The van der Waals surface area contributed by atoms with E-state index in [1.165, 1.54) is 7.05 Å². The summed E-state index contributed by atoms with van der Waals surface area (Å²) in [5, 5.41) is 19.9. The van der Waals surface area contributed by atoms with Crippen molar-refractivity contribution < 1.29 is 24.2 Å². The first-order valence-electron chi connectivity index (χ1n) is 4.95. The molecule has 0 heterocycles. The maximum atomic E-state index is 12.9. The van der Waals surface area contributed by atoms with Crippen LogP contribution in [0.3, 0.4) is 0 Å². The summed E-state index contributed by atoms with van der Waals surface area (Å²) in [7, 11) is 1.25. The lowest BCUT2D eigenvalue weighted by Crippen LogP contribution is -2.27. The number of likely N-dealkylation sites (N-methyl/N-ethyl adjacent to an activating group) is 1. The third kappa shape index (κ3) is 3.44. The second-order valence-corrected chi connectivity index (χ2v) is 2.73. The fourth-order valence-electron chi connectivity index (χ4n) is 0.960. The number of halogens is 1. The molecule has 0 aliphatic carbocycles. The molecule has 0 aliphatic rings. The summed E-state index contributed by atoms with van der Waals surface area (Å²) in [6.45, 7) is 4.00. The zero-order chi connectivity index (χ0) is 13.6. The molecule has 0 atom stereocenters. The van der Waals surface area contributed by atoms with E-state index >= 15 is 0 Å².